The van der Waals surface area contributed by atoms with Gasteiger partial charge in [-0.15, -0.1) is 11.3 Å². The molecule has 1 aliphatic carbocycles. The molecule has 19 heavy (non-hydrogen) atoms. The first-order valence-electron chi connectivity index (χ1n) is 6.84. The Labute approximate surface area is 119 Å². The number of nitrogens with one attached hydrogen (secondary N) is 1. The van der Waals surface area contributed by atoms with Gasteiger partial charge in [0.15, 0.2) is 0 Å². The fourth-order valence-corrected chi connectivity index (χ4v) is 5.29. The van der Waals surface area contributed by atoms with Gasteiger partial charge in [0, 0.05) is 17.5 Å². The van der Waals surface area contributed by atoms with E-state index in [9.17, 15) is 8.42 Å². The summed E-state index contributed by atoms with van der Waals surface area (Å²) >= 11 is 1.28. The van der Waals surface area contributed by atoms with E-state index in [2.05, 4.69) is 4.72 Å². The van der Waals surface area contributed by atoms with Crippen molar-refractivity contribution in [3.8, 4) is 0 Å². The van der Waals surface area contributed by atoms with E-state index in [1.54, 1.807) is 6.07 Å². The maximum absolute atomic E-state index is 12.4. The van der Waals surface area contributed by atoms with E-state index in [1.165, 1.54) is 24.2 Å². The lowest BCUT2D eigenvalue weighted by atomic mass is 10.1. The molecule has 1 fully saturated rings. The van der Waals surface area contributed by atoms with Gasteiger partial charge >= 0.3 is 0 Å². The van der Waals surface area contributed by atoms with Crippen LogP contribution in [0.1, 0.15) is 49.0 Å². The van der Waals surface area contributed by atoms with Crippen LogP contribution in [0.2, 0.25) is 0 Å². The number of hydrogen-bond donors (Lipinski definition) is 2. The zero-order valence-corrected chi connectivity index (χ0v) is 12.9. The molecule has 0 bridgehead atoms. The van der Waals surface area contributed by atoms with Gasteiger partial charge in [0.25, 0.3) is 0 Å². The number of sulfonamides is 1. The number of nitrogens with two attached hydrogens (primary N) is 1. The molecule has 0 spiro atoms. The molecule has 1 saturated carbocycles. The summed E-state index contributed by atoms with van der Waals surface area (Å²) in [4.78, 5) is 0.946. The van der Waals surface area contributed by atoms with Crippen molar-refractivity contribution >= 4 is 21.4 Å². The molecular formula is C13H22N2O2S2. The third kappa shape index (κ3) is 3.78. The second-order valence-corrected chi connectivity index (χ2v) is 8.26. The van der Waals surface area contributed by atoms with Crippen molar-refractivity contribution in [1.82, 2.24) is 4.72 Å². The standard InChI is InChI=1S/C13H22N2O2S2/c1-10-8-13(18-12(10)9-14)19(16,17)15-11-6-4-2-3-5-7-11/h8,11,15H,2-7,9,14H2,1H3. The monoisotopic (exact) mass is 302 g/mol. The average molecular weight is 302 g/mol. The molecule has 4 nitrogen and oxygen atoms in total. The lowest BCUT2D eigenvalue weighted by Gasteiger charge is -2.15. The van der Waals surface area contributed by atoms with Crippen LogP contribution in [0.25, 0.3) is 0 Å². The molecule has 1 aromatic rings. The minimum atomic E-state index is -3.37. The third-order valence-electron chi connectivity index (χ3n) is 3.63. The first-order chi connectivity index (χ1) is 9.03. The van der Waals surface area contributed by atoms with Crippen LogP contribution < -0.4 is 10.5 Å². The zero-order chi connectivity index (χ0) is 13.9. The Bertz CT molecular complexity index is 515. The maximum Gasteiger partial charge on any atom is 0.250 e. The molecule has 1 heterocycles. The minimum absolute atomic E-state index is 0.0937. The summed E-state index contributed by atoms with van der Waals surface area (Å²) in [5.74, 6) is 0. The normalized spacial score (nSPS) is 18.4. The van der Waals surface area contributed by atoms with Crippen molar-refractivity contribution in [2.24, 2.45) is 5.73 Å². The van der Waals surface area contributed by atoms with Crippen molar-refractivity contribution < 1.29 is 8.42 Å². The van der Waals surface area contributed by atoms with E-state index in [0.717, 1.165) is 36.1 Å². The van der Waals surface area contributed by atoms with E-state index in [1.807, 2.05) is 6.92 Å². The molecule has 1 aromatic heterocycles. The van der Waals surface area contributed by atoms with Crippen molar-refractivity contribution in [1.29, 1.82) is 0 Å². The van der Waals surface area contributed by atoms with Crippen LogP contribution >= 0.6 is 11.3 Å². The molecule has 0 radical (unpaired) electrons. The Morgan fingerprint density at radius 3 is 2.47 bits per heavy atom. The van der Waals surface area contributed by atoms with E-state index >= 15 is 0 Å². The van der Waals surface area contributed by atoms with Gasteiger partial charge in [0.05, 0.1) is 0 Å². The summed E-state index contributed by atoms with van der Waals surface area (Å²) in [7, 11) is -3.37. The molecule has 0 saturated heterocycles. The Kier molecular flexibility index (Phi) is 5.00. The highest BCUT2D eigenvalue weighted by Gasteiger charge is 2.23. The Hall–Kier alpha value is -0.430. The van der Waals surface area contributed by atoms with Crippen molar-refractivity contribution in [2.45, 2.75) is 62.2 Å². The number of hydrogen-bond acceptors (Lipinski definition) is 4. The predicted molar refractivity (Wildman–Crippen MR) is 78.8 cm³/mol. The van der Waals surface area contributed by atoms with Gasteiger partial charge in [-0.05, 0) is 31.4 Å². The van der Waals surface area contributed by atoms with E-state index in [4.69, 9.17) is 5.73 Å². The van der Waals surface area contributed by atoms with Crippen LogP contribution in [0.4, 0.5) is 0 Å². The summed E-state index contributed by atoms with van der Waals surface area (Å²) in [5.41, 5.74) is 6.57. The van der Waals surface area contributed by atoms with Crippen LogP contribution in [-0.4, -0.2) is 14.5 Å². The highest BCUT2D eigenvalue weighted by molar-refractivity contribution is 7.91. The van der Waals surface area contributed by atoms with E-state index in [0.29, 0.717) is 10.8 Å². The summed E-state index contributed by atoms with van der Waals surface area (Å²) in [6.07, 6.45) is 6.57. The SMILES string of the molecule is Cc1cc(S(=O)(=O)NC2CCCCCC2)sc1CN. The van der Waals surface area contributed by atoms with Gasteiger partial charge in [0.2, 0.25) is 10.0 Å². The zero-order valence-electron chi connectivity index (χ0n) is 11.3. The van der Waals surface area contributed by atoms with Crippen molar-refractivity contribution in [3.63, 3.8) is 0 Å². The summed E-state index contributed by atoms with van der Waals surface area (Å²) in [5, 5.41) is 0. The second-order valence-electron chi connectivity index (χ2n) is 5.19. The highest BCUT2D eigenvalue weighted by Crippen LogP contribution is 2.27. The van der Waals surface area contributed by atoms with Crippen LogP contribution in [0.3, 0.4) is 0 Å². The lowest BCUT2D eigenvalue weighted by molar-refractivity contribution is 0.511. The Morgan fingerprint density at radius 1 is 1.32 bits per heavy atom. The van der Waals surface area contributed by atoms with Gasteiger partial charge < -0.3 is 5.73 Å². The molecule has 2 rings (SSSR count). The molecule has 1 aliphatic rings. The summed E-state index contributed by atoms with van der Waals surface area (Å²) in [6.45, 7) is 2.30. The van der Waals surface area contributed by atoms with Crippen LogP contribution in [0.15, 0.2) is 10.3 Å². The Balaban J connectivity index is 2.12. The van der Waals surface area contributed by atoms with E-state index < -0.39 is 10.0 Å². The predicted octanol–water partition coefficient (Wildman–Crippen LogP) is 2.52. The highest BCUT2D eigenvalue weighted by atomic mass is 32.2. The molecule has 108 valence electrons. The van der Waals surface area contributed by atoms with Crippen LogP contribution in [0.5, 0.6) is 0 Å². The fraction of sp³-hybridized carbons (Fsp3) is 0.692. The molecule has 0 aliphatic heterocycles. The summed E-state index contributed by atoms with van der Waals surface area (Å²) < 4.78 is 28.0. The minimum Gasteiger partial charge on any atom is -0.326 e. The quantitative estimate of drug-likeness (QED) is 0.839. The molecular weight excluding hydrogens is 280 g/mol. The molecule has 6 heteroatoms. The number of rotatable bonds is 4. The molecule has 0 atom stereocenters. The lowest BCUT2D eigenvalue weighted by Crippen LogP contribution is -2.33. The average Bonchev–Trinajstić information content (AvgIpc) is 2.58. The Morgan fingerprint density at radius 2 is 1.95 bits per heavy atom. The molecule has 3 N–H and O–H groups in total. The van der Waals surface area contributed by atoms with Crippen LogP contribution in [-0.2, 0) is 16.6 Å². The fourth-order valence-electron chi connectivity index (χ4n) is 2.50. The van der Waals surface area contributed by atoms with Gasteiger partial charge in [-0.2, -0.15) is 0 Å². The van der Waals surface area contributed by atoms with Crippen LogP contribution in [0, 0.1) is 6.92 Å². The second kappa shape index (κ2) is 6.35. The molecule has 0 amide bonds. The third-order valence-corrected chi connectivity index (χ3v) is 6.88. The van der Waals surface area contributed by atoms with Gasteiger partial charge in [-0.3, -0.25) is 0 Å². The smallest absolute Gasteiger partial charge is 0.250 e. The van der Waals surface area contributed by atoms with Gasteiger partial charge in [-0.25, -0.2) is 13.1 Å². The largest absolute Gasteiger partial charge is 0.326 e. The topological polar surface area (TPSA) is 72.2 Å². The first kappa shape index (κ1) is 15.0. The molecule has 0 aromatic carbocycles. The number of thiophene rings is 1. The van der Waals surface area contributed by atoms with E-state index in [-0.39, 0.29) is 6.04 Å². The maximum atomic E-state index is 12.4. The number of aryl methyl sites for hydroxylation is 1. The van der Waals surface area contributed by atoms with Gasteiger partial charge in [-0.1, -0.05) is 25.7 Å². The van der Waals surface area contributed by atoms with Gasteiger partial charge in [0.1, 0.15) is 4.21 Å². The van der Waals surface area contributed by atoms with Crippen molar-refractivity contribution in [3.05, 3.63) is 16.5 Å². The molecule has 0 unspecified atom stereocenters. The first-order valence-corrected chi connectivity index (χ1v) is 9.14. The van der Waals surface area contributed by atoms with Crippen molar-refractivity contribution in [2.75, 3.05) is 0 Å². The summed E-state index contributed by atoms with van der Waals surface area (Å²) in [6, 6.07) is 1.82.